The lowest BCUT2D eigenvalue weighted by Crippen LogP contribution is -2.50. The second-order valence-electron chi connectivity index (χ2n) is 6.42. The number of rotatable bonds is 6. The highest BCUT2D eigenvalue weighted by atomic mass is 32.1. The van der Waals surface area contributed by atoms with Gasteiger partial charge in [0.25, 0.3) is 0 Å². The fraction of sp³-hybridized carbons (Fsp3) is 0.474. The number of hydrogen-bond acceptors (Lipinski definition) is 5. The van der Waals surface area contributed by atoms with Crippen molar-refractivity contribution in [1.29, 1.82) is 0 Å². The summed E-state index contributed by atoms with van der Waals surface area (Å²) in [4.78, 5) is 16.9. The minimum absolute atomic E-state index is 0.0455. The number of piperidine rings is 1. The summed E-state index contributed by atoms with van der Waals surface area (Å²) >= 11 is 1.57. The van der Waals surface area contributed by atoms with E-state index in [-0.39, 0.29) is 11.9 Å². The third-order valence-corrected chi connectivity index (χ3v) is 5.42. The van der Waals surface area contributed by atoms with Crippen LogP contribution in [0.4, 0.5) is 0 Å². The maximum Gasteiger partial charge on any atom is 0.226 e. The Morgan fingerprint density at radius 3 is 2.92 bits per heavy atom. The predicted molar refractivity (Wildman–Crippen MR) is 101 cm³/mol. The second kappa shape index (κ2) is 8.45. The average molecular weight is 359 g/mol. The van der Waals surface area contributed by atoms with E-state index in [1.54, 1.807) is 11.3 Å². The lowest BCUT2D eigenvalue weighted by Gasteiger charge is -2.30. The van der Waals surface area contributed by atoms with E-state index >= 15 is 0 Å². The zero-order chi connectivity index (χ0) is 17.6. The van der Waals surface area contributed by atoms with Gasteiger partial charge in [-0.05, 0) is 50.1 Å². The number of hydrogen-bond donors (Lipinski definition) is 2. The van der Waals surface area contributed by atoms with Crippen molar-refractivity contribution in [2.24, 2.45) is 5.92 Å². The summed E-state index contributed by atoms with van der Waals surface area (Å²) in [6.07, 6.45) is 1.43. The highest BCUT2D eigenvalue weighted by Crippen LogP contribution is 2.26. The Bertz CT molecular complexity index is 699. The molecule has 25 heavy (non-hydrogen) atoms. The van der Waals surface area contributed by atoms with Crippen molar-refractivity contribution in [3.63, 3.8) is 0 Å². The van der Waals surface area contributed by atoms with Crippen LogP contribution in [0.25, 0.3) is 10.6 Å². The number of nitrogens with one attached hydrogen (secondary N) is 2. The number of amides is 1. The lowest BCUT2D eigenvalue weighted by atomic mass is 9.95. The molecule has 1 aliphatic rings. The first kappa shape index (κ1) is 17.9. The molecule has 1 fully saturated rings. The van der Waals surface area contributed by atoms with Gasteiger partial charge in [0.2, 0.25) is 5.91 Å². The summed E-state index contributed by atoms with van der Waals surface area (Å²) in [6.45, 7) is 6.70. The van der Waals surface area contributed by atoms with Crippen LogP contribution in [0.2, 0.25) is 0 Å². The van der Waals surface area contributed by atoms with Crippen molar-refractivity contribution < 1.29 is 9.53 Å². The van der Waals surface area contributed by atoms with E-state index < -0.39 is 0 Å². The SMILES string of the molecule is CCOc1ccc(-c2nc(CC(=O)NC3CNCCC3C)cs2)cc1. The summed E-state index contributed by atoms with van der Waals surface area (Å²) < 4.78 is 5.46. The maximum atomic E-state index is 12.3. The molecule has 0 radical (unpaired) electrons. The molecule has 2 unspecified atom stereocenters. The van der Waals surface area contributed by atoms with Crippen LogP contribution in [-0.4, -0.2) is 36.6 Å². The molecule has 2 heterocycles. The predicted octanol–water partition coefficient (Wildman–Crippen LogP) is 2.87. The number of ether oxygens (including phenoxy) is 1. The molecule has 0 spiro atoms. The maximum absolute atomic E-state index is 12.3. The molecule has 6 heteroatoms. The monoisotopic (exact) mass is 359 g/mol. The zero-order valence-corrected chi connectivity index (χ0v) is 15.6. The van der Waals surface area contributed by atoms with E-state index in [9.17, 15) is 4.79 Å². The van der Waals surface area contributed by atoms with Crippen molar-refractivity contribution in [3.05, 3.63) is 35.3 Å². The average Bonchev–Trinajstić information content (AvgIpc) is 3.06. The van der Waals surface area contributed by atoms with E-state index in [1.807, 2.05) is 36.6 Å². The van der Waals surface area contributed by atoms with Crippen LogP contribution in [0.3, 0.4) is 0 Å². The highest BCUT2D eigenvalue weighted by molar-refractivity contribution is 7.13. The first-order valence-electron chi connectivity index (χ1n) is 8.83. The number of thiazole rings is 1. The molecule has 2 N–H and O–H groups in total. The van der Waals surface area contributed by atoms with Crippen molar-refractivity contribution in [1.82, 2.24) is 15.6 Å². The minimum Gasteiger partial charge on any atom is -0.494 e. The molecule has 2 atom stereocenters. The van der Waals surface area contributed by atoms with Gasteiger partial charge >= 0.3 is 0 Å². The molecule has 1 aromatic carbocycles. The molecule has 1 saturated heterocycles. The smallest absolute Gasteiger partial charge is 0.226 e. The van der Waals surface area contributed by atoms with E-state index in [1.165, 1.54) is 0 Å². The fourth-order valence-corrected chi connectivity index (χ4v) is 3.81. The van der Waals surface area contributed by atoms with Gasteiger partial charge in [-0.15, -0.1) is 11.3 Å². The van der Waals surface area contributed by atoms with Crippen LogP contribution in [0.15, 0.2) is 29.6 Å². The number of aromatic nitrogens is 1. The topological polar surface area (TPSA) is 63.2 Å². The standard InChI is InChI=1S/C19H25N3O2S/c1-3-24-16-6-4-14(5-7-16)19-21-15(12-25-19)10-18(23)22-17-11-20-9-8-13(17)2/h4-7,12-13,17,20H,3,8-11H2,1-2H3,(H,22,23). The van der Waals surface area contributed by atoms with Gasteiger partial charge in [0, 0.05) is 23.5 Å². The van der Waals surface area contributed by atoms with Crippen LogP contribution in [0.5, 0.6) is 5.75 Å². The fourth-order valence-electron chi connectivity index (χ4n) is 2.99. The minimum atomic E-state index is 0.0455. The van der Waals surface area contributed by atoms with Gasteiger partial charge in [-0.25, -0.2) is 4.98 Å². The van der Waals surface area contributed by atoms with Gasteiger partial charge < -0.3 is 15.4 Å². The largest absolute Gasteiger partial charge is 0.494 e. The zero-order valence-electron chi connectivity index (χ0n) is 14.7. The summed E-state index contributed by atoms with van der Waals surface area (Å²) in [5.41, 5.74) is 1.87. The molecule has 2 aromatic rings. The molecule has 0 saturated carbocycles. The molecule has 5 nitrogen and oxygen atoms in total. The van der Waals surface area contributed by atoms with Crippen LogP contribution in [0, 0.1) is 5.92 Å². The van der Waals surface area contributed by atoms with Crippen LogP contribution >= 0.6 is 11.3 Å². The Kier molecular flexibility index (Phi) is 6.04. The van der Waals surface area contributed by atoms with Crippen LogP contribution < -0.4 is 15.4 Å². The Morgan fingerprint density at radius 2 is 2.20 bits per heavy atom. The normalized spacial score (nSPS) is 20.2. The molecule has 0 aliphatic carbocycles. The number of carbonyl (C=O) groups is 1. The quantitative estimate of drug-likeness (QED) is 0.832. The van der Waals surface area contributed by atoms with Crippen molar-refractivity contribution in [3.8, 4) is 16.3 Å². The summed E-state index contributed by atoms with van der Waals surface area (Å²) in [7, 11) is 0. The van der Waals surface area contributed by atoms with E-state index in [0.717, 1.165) is 41.5 Å². The Balaban J connectivity index is 1.58. The molecule has 1 aromatic heterocycles. The molecule has 3 rings (SSSR count). The lowest BCUT2D eigenvalue weighted by molar-refractivity contribution is -0.121. The first-order chi connectivity index (χ1) is 12.2. The molecular formula is C19H25N3O2S. The summed E-state index contributed by atoms with van der Waals surface area (Å²) in [6, 6.07) is 8.12. The van der Waals surface area contributed by atoms with Crippen molar-refractivity contribution in [2.45, 2.75) is 32.7 Å². The van der Waals surface area contributed by atoms with E-state index in [2.05, 4.69) is 22.5 Å². The second-order valence-corrected chi connectivity index (χ2v) is 7.28. The van der Waals surface area contributed by atoms with E-state index in [0.29, 0.717) is 18.9 Å². The number of benzene rings is 1. The first-order valence-corrected chi connectivity index (χ1v) is 9.71. The third kappa shape index (κ3) is 4.80. The Labute approximate surface area is 152 Å². The highest BCUT2D eigenvalue weighted by Gasteiger charge is 2.22. The molecule has 134 valence electrons. The van der Waals surface area contributed by atoms with E-state index in [4.69, 9.17) is 4.74 Å². The van der Waals surface area contributed by atoms with Crippen molar-refractivity contribution in [2.75, 3.05) is 19.7 Å². The third-order valence-electron chi connectivity index (χ3n) is 4.48. The van der Waals surface area contributed by atoms with Gasteiger partial charge in [-0.1, -0.05) is 6.92 Å². The van der Waals surface area contributed by atoms with Gasteiger partial charge in [-0.2, -0.15) is 0 Å². The van der Waals surface area contributed by atoms with Gasteiger partial charge in [0.05, 0.1) is 18.7 Å². The molecule has 1 aliphatic heterocycles. The molecule has 1 amide bonds. The number of nitrogens with zero attached hydrogens (tertiary/aromatic N) is 1. The summed E-state index contributed by atoms with van der Waals surface area (Å²) in [5, 5.41) is 9.36. The Hall–Kier alpha value is -1.92. The van der Waals surface area contributed by atoms with Gasteiger partial charge in [-0.3, -0.25) is 4.79 Å². The van der Waals surface area contributed by atoms with Gasteiger partial charge in [0.1, 0.15) is 10.8 Å². The van der Waals surface area contributed by atoms with Crippen LogP contribution in [0.1, 0.15) is 26.0 Å². The van der Waals surface area contributed by atoms with Gasteiger partial charge in [0.15, 0.2) is 0 Å². The van der Waals surface area contributed by atoms with Crippen molar-refractivity contribution >= 4 is 17.2 Å². The molecule has 0 bridgehead atoms. The Morgan fingerprint density at radius 1 is 1.40 bits per heavy atom. The number of carbonyl (C=O) groups excluding carboxylic acids is 1. The van der Waals surface area contributed by atoms with Crippen LogP contribution in [-0.2, 0) is 11.2 Å². The molecular weight excluding hydrogens is 334 g/mol. The summed E-state index contributed by atoms with van der Waals surface area (Å²) in [5.74, 6) is 1.42.